The molecule has 0 radical (unpaired) electrons. The van der Waals surface area contributed by atoms with Gasteiger partial charge in [0, 0.05) is 25.2 Å². The number of aromatic amines is 1. The molecule has 0 amide bonds. The summed E-state index contributed by atoms with van der Waals surface area (Å²) in [7, 11) is 1.74. The first-order valence-corrected chi connectivity index (χ1v) is 8.64. The fourth-order valence-corrected chi connectivity index (χ4v) is 3.80. The van der Waals surface area contributed by atoms with Crippen molar-refractivity contribution in [3.63, 3.8) is 0 Å². The highest BCUT2D eigenvalue weighted by Gasteiger charge is 2.23. The number of H-pyrrole nitrogens is 1. The number of hydrogen-bond donors (Lipinski definition) is 1. The molecule has 24 heavy (non-hydrogen) atoms. The molecular weight excluding hydrogens is 322 g/mol. The van der Waals surface area contributed by atoms with Crippen molar-refractivity contribution in [1.29, 1.82) is 0 Å². The van der Waals surface area contributed by atoms with Crippen LogP contribution in [0.25, 0.3) is 11.0 Å². The molecule has 124 valence electrons. The van der Waals surface area contributed by atoms with E-state index in [0.717, 1.165) is 47.1 Å². The van der Waals surface area contributed by atoms with Gasteiger partial charge in [-0.3, -0.25) is 4.57 Å². The molecular formula is C19H20ClN3O. The topological polar surface area (TPSA) is 41.0 Å². The highest BCUT2D eigenvalue weighted by atomic mass is 35.5. The van der Waals surface area contributed by atoms with Gasteiger partial charge in [0.05, 0.1) is 16.7 Å². The standard InChI is InChI=1S/C19H20ClN3O/c1-22-18-16(21-19(22)24)3-2-4-17(18)23-11-9-14(10-12-23)13-5-7-15(20)8-6-13/h2-8,14H,9-12H2,1H3,(H,21,24)/i/hD. The van der Waals surface area contributed by atoms with Gasteiger partial charge in [0.1, 0.15) is 0 Å². The number of rotatable bonds is 2. The largest absolute Gasteiger partial charge is 0.370 e. The molecule has 5 heteroatoms. The zero-order valence-corrected chi connectivity index (χ0v) is 14.3. The number of aryl methyl sites for hydroxylation is 1. The summed E-state index contributed by atoms with van der Waals surface area (Å²) in [6, 6.07) is 13.9. The van der Waals surface area contributed by atoms with E-state index < -0.39 is 0 Å². The van der Waals surface area contributed by atoms with E-state index in [9.17, 15) is 4.79 Å². The number of nitrogens with one attached hydrogen (secondary N) is 1. The van der Waals surface area contributed by atoms with Gasteiger partial charge in [-0.2, -0.15) is 0 Å². The molecule has 1 saturated heterocycles. The molecule has 0 unspecified atom stereocenters. The van der Waals surface area contributed by atoms with Crippen molar-refractivity contribution in [2.24, 2.45) is 7.05 Å². The van der Waals surface area contributed by atoms with Gasteiger partial charge in [0.25, 0.3) is 0 Å². The van der Waals surface area contributed by atoms with Crippen molar-refractivity contribution in [2.75, 3.05) is 18.0 Å². The zero-order chi connectivity index (χ0) is 17.6. The van der Waals surface area contributed by atoms with Crippen LogP contribution in [0.2, 0.25) is 6.43 Å². The van der Waals surface area contributed by atoms with E-state index in [-0.39, 0.29) is 5.69 Å². The van der Waals surface area contributed by atoms with Crippen LogP contribution in [0.1, 0.15) is 24.3 Å². The number of hydrogen-bond acceptors (Lipinski definition) is 2. The maximum Gasteiger partial charge on any atom is 0.326 e. The van der Waals surface area contributed by atoms with Gasteiger partial charge in [0.2, 0.25) is 0 Å². The Bertz CT molecular complexity index is 969. The lowest BCUT2D eigenvalue weighted by Crippen LogP contribution is -2.33. The second-order valence-electron chi connectivity index (χ2n) is 6.41. The normalized spacial score (nSPS) is 16.6. The molecule has 2 heterocycles. The summed E-state index contributed by atoms with van der Waals surface area (Å²) in [6.45, 7) is 1.87. The quantitative estimate of drug-likeness (QED) is 0.767. The van der Waals surface area contributed by atoms with Crippen LogP contribution in [0.15, 0.2) is 47.3 Å². The second kappa shape index (κ2) is 6.02. The summed E-state index contributed by atoms with van der Waals surface area (Å²) in [6.07, 6.45) is 2.13. The van der Waals surface area contributed by atoms with E-state index in [0.29, 0.717) is 11.4 Å². The number of aromatic nitrogens is 2. The third-order valence-corrected chi connectivity index (χ3v) is 5.26. The molecule has 0 atom stereocenters. The lowest BCUT2D eigenvalue weighted by molar-refractivity contribution is 0.506. The molecule has 4 rings (SSSR count). The fourth-order valence-electron chi connectivity index (χ4n) is 3.67. The number of benzene rings is 2. The average molecular weight is 343 g/mol. The van der Waals surface area contributed by atoms with Gasteiger partial charge >= 0.3 is 5.69 Å². The van der Waals surface area contributed by atoms with Crippen molar-refractivity contribution < 1.29 is 1.41 Å². The van der Waals surface area contributed by atoms with E-state index in [1.165, 1.54) is 5.56 Å². The molecule has 0 aliphatic carbocycles. The number of para-hydroxylation sites is 1. The molecule has 1 aliphatic heterocycles. The molecule has 4 nitrogen and oxygen atoms in total. The van der Waals surface area contributed by atoms with Crippen molar-refractivity contribution in [2.45, 2.75) is 18.8 Å². The number of nitrogens with zero attached hydrogens (tertiary/aromatic N) is 2. The lowest BCUT2D eigenvalue weighted by Gasteiger charge is -2.34. The number of anilines is 1. The van der Waals surface area contributed by atoms with Crippen molar-refractivity contribution in [3.05, 3.63) is 63.5 Å². The number of halogens is 1. The lowest BCUT2D eigenvalue weighted by atomic mass is 9.89. The van der Waals surface area contributed by atoms with Crippen LogP contribution >= 0.6 is 11.6 Å². The second-order valence-corrected chi connectivity index (χ2v) is 6.85. The predicted octanol–water partition coefficient (Wildman–Crippen LogP) is 3.90. The first kappa shape index (κ1) is 14.2. The molecule has 1 fully saturated rings. The SMILES string of the molecule is [2H]n1c(=O)n(C)c2c(N3CCC(c4ccc(Cl)cc4)CC3)cccc21. The van der Waals surface area contributed by atoms with E-state index in [4.69, 9.17) is 13.0 Å². The van der Waals surface area contributed by atoms with Gasteiger partial charge in [-0.1, -0.05) is 29.8 Å². The summed E-state index contributed by atoms with van der Waals surface area (Å²) in [5, 5.41) is 0.772. The zero-order valence-electron chi connectivity index (χ0n) is 14.6. The van der Waals surface area contributed by atoms with Crippen LogP contribution < -0.4 is 10.6 Å². The summed E-state index contributed by atoms with van der Waals surface area (Å²) in [4.78, 5) is 15.4. The number of imidazole rings is 1. The van der Waals surface area contributed by atoms with Gasteiger partial charge < -0.3 is 9.88 Å². The maximum atomic E-state index is 12.1. The van der Waals surface area contributed by atoms with E-state index in [2.05, 4.69) is 17.0 Å². The fraction of sp³-hybridized carbons (Fsp3) is 0.316. The molecule has 1 aromatic heterocycles. The Morgan fingerprint density at radius 1 is 1.17 bits per heavy atom. The Labute approximate surface area is 147 Å². The summed E-state index contributed by atoms with van der Waals surface area (Å²) < 4.78 is 9.51. The Morgan fingerprint density at radius 3 is 2.58 bits per heavy atom. The smallest absolute Gasteiger partial charge is 0.326 e. The third-order valence-electron chi connectivity index (χ3n) is 5.01. The van der Waals surface area contributed by atoms with Crippen LogP contribution in [0.4, 0.5) is 5.69 Å². The van der Waals surface area contributed by atoms with Crippen LogP contribution in [-0.2, 0) is 7.05 Å². The minimum absolute atomic E-state index is 0.307. The van der Waals surface area contributed by atoms with Crippen LogP contribution in [0.3, 0.4) is 0 Å². The Balaban J connectivity index is 1.61. The first-order valence-electron chi connectivity index (χ1n) is 8.71. The van der Waals surface area contributed by atoms with Gasteiger partial charge in [-0.25, -0.2) is 4.79 Å². The van der Waals surface area contributed by atoms with Crippen LogP contribution in [0.5, 0.6) is 0 Å². The van der Waals surface area contributed by atoms with Crippen LogP contribution in [0, 0.1) is 0 Å². The molecule has 0 spiro atoms. The minimum Gasteiger partial charge on any atom is -0.370 e. The van der Waals surface area contributed by atoms with E-state index in [1.807, 2.05) is 30.3 Å². The molecule has 1 aliphatic rings. The molecule has 3 aromatic rings. The number of piperidine rings is 1. The average Bonchev–Trinajstić information content (AvgIpc) is 2.87. The van der Waals surface area contributed by atoms with Gasteiger partial charge in [-0.15, -0.1) is 0 Å². The van der Waals surface area contributed by atoms with Crippen molar-refractivity contribution in [1.82, 2.24) is 9.54 Å². The highest BCUT2D eigenvalue weighted by molar-refractivity contribution is 6.30. The molecule has 1 N–H and O–H groups in total. The van der Waals surface area contributed by atoms with Gasteiger partial charge in [-0.05, 0) is 48.6 Å². The summed E-state index contributed by atoms with van der Waals surface area (Å²) in [5.74, 6) is 0.539. The molecule has 0 bridgehead atoms. The van der Waals surface area contributed by atoms with Gasteiger partial charge in [0.15, 0.2) is 1.41 Å². The highest BCUT2D eigenvalue weighted by Crippen LogP contribution is 2.33. The molecule has 0 saturated carbocycles. The summed E-state index contributed by atoms with van der Waals surface area (Å²) >= 11 is 5.99. The minimum atomic E-state index is -0.307. The maximum absolute atomic E-state index is 12.1. The third kappa shape index (κ3) is 2.61. The predicted molar refractivity (Wildman–Crippen MR) is 99.2 cm³/mol. The van der Waals surface area contributed by atoms with E-state index in [1.54, 1.807) is 11.6 Å². The number of fused-ring (bicyclic) bond motifs is 1. The van der Waals surface area contributed by atoms with Crippen molar-refractivity contribution in [3.8, 4) is 0 Å². The van der Waals surface area contributed by atoms with E-state index >= 15 is 0 Å². The monoisotopic (exact) mass is 342 g/mol. The first-order chi connectivity index (χ1) is 12.1. The Morgan fingerprint density at radius 2 is 1.88 bits per heavy atom. The Kier molecular flexibility index (Phi) is 3.55. The molecule has 2 aromatic carbocycles. The Hall–Kier alpha value is -2.20. The summed E-state index contributed by atoms with van der Waals surface area (Å²) in [5.41, 5.74) is 3.57. The van der Waals surface area contributed by atoms with Crippen molar-refractivity contribution >= 4 is 28.3 Å². The van der Waals surface area contributed by atoms with Crippen LogP contribution in [-0.4, -0.2) is 22.6 Å².